The Labute approximate surface area is 208 Å². The third-order valence-electron chi connectivity index (χ3n) is 5.31. The minimum atomic E-state index is -6.90. The monoisotopic (exact) mass is 552 g/mol. The highest BCUT2D eigenvalue weighted by Gasteiger charge is 2.81. The molecule has 0 heterocycles. The maximum absolute atomic E-state index is 13.5. The summed E-state index contributed by atoms with van der Waals surface area (Å²) >= 11 is 0. The lowest BCUT2D eigenvalue weighted by Gasteiger charge is -2.33. The zero-order chi connectivity index (χ0) is 28.5. The third kappa shape index (κ3) is 9.26. The van der Waals surface area contributed by atoms with Crippen LogP contribution in [0.3, 0.4) is 0 Å². The predicted octanol–water partition coefficient (Wildman–Crippen LogP) is 5.85. The normalized spacial score (nSPS) is 15.5. The third-order valence-corrected chi connectivity index (χ3v) is 5.31. The van der Waals surface area contributed by atoms with E-state index in [1.165, 1.54) is 12.1 Å². The Morgan fingerprint density at radius 2 is 1.46 bits per heavy atom. The smallest absolute Gasteiger partial charge is 0.460 e. The lowest BCUT2D eigenvalue weighted by Crippen LogP contribution is -2.60. The Bertz CT molecular complexity index is 877. The second-order valence-electron chi connectivity index (χ2n) is 8.58. The molecule has 13 heteroatoms. The van der Waals surface area contributed by atoms with Crippen LogP contribution < -0.4 is 4.74 Å². The van der Waals surface area contributed by atoms with E-state index >= 15 is 0 Å². The Hall–Kier alpha value is -2.17. The summed E-state index contributed by atoms with van der Waals surface area (Å²) < 4.78 is 126. The number of aliphatic hydroxyl groups excluding tert-OH is 2. The molecule has 0 saturated carbocycles. The topological polar surface area (TPSA) is 58.9 Å². The van der Waals surface area contributed by atoms with Crippen molar-refractivity contribution in [3.8, 4) is 17.6 Å². The molecule has 1 aromatic rings. The van der Waals surface area contributed by atoms with Gasteiger partial charge in [0.1, 0.15) is 11.9 Å². The molecule has 0 aliphatic heterocycles. The van der Waals surface area contributed by atoms with Gasteiger partial charge in [-0.3, -0.25) is 0 Å². The van der Waals surface area contributed by atoms with Crippen LogP contribution in [-0.2, 0) is 11.3 Å². The molecule has 0 aromatic heterocycles. The number of ether oxygens (including phenoxy) is 2. The van der Waals surface area contributed by atoms with Crippen molar-refractivity contribution in [1.29, 1.82) is 0 Å². The standard InChI is InChI=1S/C24H29F9O4/c1-16(14-34)4-9-20(35)17(2)10-13-36-15-18-5-7-19(8-6-18)37-12-3-11-21(25,26)22(27,28)23(29,30)24(31,32)33/h5-8,16-17,20,34-35H,3,10-15H2,1-2H3/t16-,17+,20?/m0/s1. The van der Waals surface area contributed by atoms with Crippen LogP contribution in [0.5, 0.6) is 5.75 Å². The molecule has 0 saturated heterocycles. The summed E-state index contributed by atoms with van der Waals surface area (Å²) in [6.45, 7) is 3.26. The first kappa shape index (κ1) is 32.9. The van der Waals surface area contributed by atoms with Crippen molar-refractivity contribution in [2.45, 2.75) is 69.8 Å². The van der Waals surface area contributed by atoms with E-state index in [0.717, 1.165) is 0 Å². The number of alkyl halides is 9. The van der Waals surface area contributed by atoms with Gasteiger partial charge in [0.2, 0.25) is 0 Å². The molecule has 0 spiro atoms. The van der Waals surface area contributed by atoms with Crippen molar-refractivity contribution in [2.75, 3.05) is 19.8 Å². The lowest BCUT2D eigenvalue weighted by atomic mass is 10.00. The Kier molecular flexibility index (Phi) is 12.1. The van der Waals surface area contributed by atoms with Gasteiger partial charge < -0.3 is 19.7 Å². The number of halogens is 9. The minimum Gasteiger partial charge on any atom is -0.494 e. The van der Waals surface area contributed by atoms with Gasteiger partial charge in [0.15, 0.2) is 0 Å². The molecule has 0 fully saturated rings. The SMILES string of the molecule is C[C@H](CCOCc1ccc(OCCCC(F)(F)C(F)(F)C(F)(F)C(F)(F)F)cc1)C(O)C#C[C@H](C)CO. The number of hydrogen-bond acceptors (Lipinski definition) is 4. The van der Waals surface area contributed by atoms with E-state index in [1.54, 1.807) is 26.0 Å². The molecule has 212 valence electrons. The van der Waals surface area contributed by atoms with Gasteiger partial charge in [-0.05, 0) is 43.4 Å². The Morgan fingerprint density at radius 1 is 0.865 bits per heavy atom. The van der Waals surface area contributed by atoms with E-state index in [-0.39, 0.29) is 30.8 Å². The van der Waals surface area contributed by atoms with Crippen LogP contribution in [0.15, 0.2) is 24.3 Å². The fraction of sp³-hybridized carbons (Fsp3) is 0.667. The van der Waals surface area contributed by atoms with Crippen LogP contribution >= 0.6 is 0 Å². The second-order valence-corrected chi connectivity index (χ2v) is 8.58. The summed E-state index contributed by atoms with van der Waals surface area (Å²) in [4.78, 5) is 0. The van der Waals surface area contributed by atoms with E-state index in [0.29, 0.717) is 18.6 Å². The summed E-state index contributed by atoms with van der Waals surface area (Å²) in [6, 6.07) is 5.94. The van der Waals surface area contributed by atoms with E-state index in [2.05, 4.69) is 11.8 Å². The number of benzene rings is 1. The summed E-state index contributed by atoms with van der Waals surface area (Å²) in [7, 11) is 0. The molecule has 1 rings (SSSR count). The van der Waals surface area contributed by atoms with Gasteiger partial charge in [0.25, 0.3) is 0 Å². The van der Waals surface area contributed by atoms with E-state index in [9.17, 15) is 44.6 Å². The number of aliphatic hydroxyl groups is 2. The van der Waals surface area contributed by atoms with Gasteiger partial charge >= 0.3 is 23.9 Å². The van der Waals surface area contributed by atoms with Crippen LogP contribution in [-0.4, -0.2) is 60.1 Å². The fourth-order valence-electron chi connectivity index (χ4n) is 2.76. The molecule has 2 N–H and O–H groups in total. The molecule has 0 aliphatic carbocycles. The van der Waals surface area contributed by atoms with E-state index in [4.69, 9.17) is 14.6 Å². The highest BCUT2D eigenvalue weighted by Crippen LogP contribution is 2.54. The highest BCUT2D eigenvalue weighted by atomic mass is 19.4. The molecular weight excluding hydrogens is 523 g/mol. The first-order valence-corrected chi connectivity index (χ1v) is 11.3. The number of rotatable bonds is 14. The zero-order valence-electron chi connectivity index (χ0n) is 20.1. The molecule has 37 heavy (non-hydrogen) atoms. The summed E-state index contributed by atoms with van der Waals surface area (Å²) in [5.41, 5.74) is 0.692. The van der Waals surface area contributed by atoms with Gasteiger partial charge in [0, 0.05) is 18.9 Å². The quantitative estimate of drug-likeness (QED) is 0.173. The minimum absolute atomic E-state index is 0.108. The van der Waals surface area contributed by atoms with Gasteiger partial charge in [-0.15, -0.1) is 0 Å². The van der Waals surface area contributed by atoms with Gasteiger partial charge in [0.05, 0.1) is 19.8 Å². The molecule has 0 amide bonds. The van der Waals surface area contributed by atoms with Crippen molar-refractivity contribution < 1.29 is 59.2 Å². The average molecular weight is 552 g/mol. The molecule has 3 atom stereocenters. The van der Waals surface area contributed by atoms with Crippen LogP contribution in [0.1, 0.15) is 38.7 Å². The molecule has 0 bridgehead atoms. The van der Waals surface area contributed by atoms with Crippen LogP contribution in [0.4, 0.5) is 39.5 Å². The summed E-state index contributed by atoms with van der Waals surface area (Å²) in [5.74, 6) is -14.0. The molecule has 1 unspecified atom stereocenters. The Morgan fingerprint density at radius 3 is 2.00 bits per heavy atom. The lowest BCUT2D eigenvalue weighted by molar-refractivity contribution is -0.396. The Balaban J connectivity index is 2.44. The van der Waals surface area contributed by atoms with Gasteiger partial charge in [-0.1, -0.05) is 30.9 Å². The first-order chi connectivity index (χ1) is 17.0. The average Bonchev–Trinajstić information content (AvgIpc) is 2.82. The van der Waals surface area contributed by atoms with Crippen molar-refractivity contribution in [1.82, 2.24) is 0 Å². The maximum atomic E-state index is 13.5. The molecule has 0 aliphatic rings. The number of hydrogen-bond donors (Lipinski definition) is 2. The van der Waals surface area contributed by atoms with Gasteiger partial charge in [-0.25, -0.2) is 0 Å². The fourth-order valence-corrected chi connectivity index (χ4v) is 2.76. The zero-order valence-corrected chi connectivity index (χ0v) is 20.1. The van der Waals surface area contributed by atoms with Crippen molar-refractivity contribution in [2.24, 2.45) is 11.8 Å². The largest absolute Gasteiger partial charge is 0.494 e. The van der Waals surface area contributed by atoms with Crippen LogP contribution in [0.25, 0.3) is 0 Å². The van der Waals surface area contributed by atoms with E-state index < -0.39 is 49.5 Å². The summed E-state index contributed by atoms with van der Waals surface area (Å²) in [6.07, 6.45) is -10.1. The highest BCUT2D eigenvalue weighted by molar-refractivity contribution is 5.26. The van der Waals surface area contributed by atoms with Crippen LogP contribution in [0, 0.1) is 23.7 Å². The predicted molar refractivity (Wildman–Crippen MR) is 116 cm³/mol. The maximum Gasteiger partial charge on any atom is 0.460 e. The molecule has 1 aromatic carbocycles. The molecule has 4 nitrogen and oxygen atoms in total. The second kappa shape index (κ2) is 13.6. The summed E-state index contributed by atoms with van der Waals surface area (Å²) in [5, 5.41) is 18.9. The first-order valence-electron chi connectivity index (χ1n) is 11.3. The van der Waals surface area contributed by atoms with Crippen LogP contribution in [0.2, 0.25) is 0 Å². The van der Waals surface area contributed by atoms with Crippen molar-refractivity contribution in [3.63, 3.8) is 0 Å². The molecular formula is C24H29F9O4. The van der Waals surface area contributed by atoms with Crippen molar-refractivity contribution in [3.05, 3.63) is 29.8 Å². The van der Waals surface area contributed by atoms with E-state index in [1.807, 2.05) is 0 Å². The van der Waals surface area contributed by atoms with Gasteiger partial charge in [-0.2, -0.15) is 39.5 Å². The molecule has 0 radical (unpaired) electrons. The van der Waals surface area contributed by atoms with Crippen molar-refractivity contribution >= 4 is 0 Å².